The molecule has 4 N–H and O–H groups in total. The van der Waals surface area contributed by atoms with Crippen molar-refractivity contribution in [3.63, 3.8) is 0 Å². The maximum atomic E-state index is 13.6. The van der Waals surface area contributed by atoms with Gasteiger partial charge in [-0.3, -0.25) is 0 Å². The molecular formula is C12H14FN3O. The number of benzene rings is 1. The number of aromatic amines is 1. The largest absolute Gasteiger partial charge is 0.377 e. The highest BCUT2D eigenvalue weighted by Crippen LogP contribution is 2.30. The highest BCUT2D eigenvalue weighted by Gasteiger charge is 2.31. The third-order valence-corrected chi connectivity index (χ3v) is 2.81. The quantitative estimate of drug-likeness (QED) is 0.749. The van der Waals surface area contributed by atoms with E-state index in [0.717, 1.165) is 0 Å². The molecule has 0 radical (unpaired) electrons. The molecule has 0 saturated heterocycles. The summed E-state index contributed by atoms with van der Waals surface area (Å²) in [5.74, 6) is -0.0605. The molecule has 0 amide bonds. The van der Waals surface area contributed by atoms with E-state index in [0.29, 0.717) is 17.0 Å². The summed E-state index contributed by atoms with van der Waals surface area (Å²) in [5.41, 5.74) is 4.86. The van der Waals surface area contributed by atoms with Gasteiger partial charge >= 0.3 is 0 Å². The van der Waals surface area contributed by atoms with Crippen molar-refractivity contribution in [3.05, 3.63) is 53.4 Å². The van der Waals surface area contributed by atoms with Crippen LogP contribution in [0.5, 0.6) is 0 Å². The SMILES string of the molecule is CC(O)(c1ncc[nH]1)c1cccc(F)c1CN. The monoisotopic (exact) mass is 235 g/mol. The van der Waals surface area contributed by atoms with Crippen LogP contribution in [0.1, 0.15) is 23.9 Å². The van der Waals surface area contributed by atoms with E-state index < -0.39 is 11.4 Å². The van der Waals surface area contributed by atoms with Gasteiger partial charge in [-0.05, 0) is 18.6 Å². The van der Waals surface area contributed by atoms with E-state index in [9.17, 15) is 9.50 Å². The van der Waals surface area contributed by atoms with Crippen LogP contribution in [0.4, 0.5) is 4.39 Å². The number of nitrogens with zero attached hydrogens (tertiary/aromatic N) is 1. The van der Waals surface area contributed by atoms with Gasteiger partial charge in [0.25, 0.3) is 0 Å². The fourth-order valence-electron chi connectivity index (χ4n) is 1.88. The minimum absolute atomic E-state index is 0.0267. The normalized spacial score (nSPS) is 14.6. The fourth-order valence-corrected chi connectivity index (χ4v) is 1.88. The molecule has 4 nitrogen and oxygen atoms in total. The number of nitrogens with two attached hydrogens (primary N) is 1. The topological polar surface area (TPSA) is 74.9 Å². The Bertz CT molecular complexity index is 508. The molecule has 1 unspecified atom stereocenters. The Balaban J connectivity index is 2.57. The van der Waals surface area contributed by atoms with Gasteiger partial charge in [0, 0.05) is 24.5 Å². The Morgan fingerprint density at radius 2 is 2.29 bits per heavy atom. The van der Waals surface area contributed by atoms with Crippen LogP contribution in [0.15, 0.2) is 30.6 Å². The molecule has 5 heteroatoms. The zero-order valence-corrected chi connectivity index (χ0v) is 9.44. The van der Waals surface area contributed by atoms with Crippen LogP contribution in [0.3, 0.4) is 0 Å². The van der Waals surface area contributed by atoms with Crippen LogP contribution in [-0.4, -0.2) is 15.1 Å². The van der Waals surface area contributed by atoms with Gasteiger partial charge in [0.1, 0.15) is 17.2 Å². The predicted molar refractivity (Wildman–Crippen MR) is 61.6 cm³/mol. The zero-order chi connectivity index (χ0) is 12.5. The summed E-state index contributed by atoms with van der Waals surface area (Å²) < 4.78 is 13.6. The Hall–Kier alpha value is -1.72. The zero-order valence-electron chi connectivity index (χ0n) is 9.44. The van der Waals surface area contributed by atoms with E-state index in [1.54, 1.807) is 25.3 Å². The summed E-state index contributed by atoms with van der Waals surface area (Å²) in [5, 5.41) is 10.5. The van der Waals surface area contributed by atoms with Crippen molar-refractivity contribution in [1.82, 2.24) is 9.97 Å². The number of rotatable bonds is 3. The second-order valence-electron chi connectivity index (χ2n) is 3.98. The van der Waals surface area contributed by atoms with Crippen LogP contribution in [0.25, 0.3) is 0 Å². The lowest BCUT2D eigenvalue weighted by Gasteiger charge is -2.24. The van der Waals surface area contributed by atoms with Crippen molar-refractivity contribution >= 4 is 0 Å². The second-order valence-corrected chi connectivity index (χ2v) is 3.98. The molecule has 1 aromatic heterocycles. The van der Waals surface area contributed by atoms with Crippen LogP contribution in [-0.2, 0) is 12.1 Å². The average molecular weight is 235 g/mol. The summed E-state index contributed by atoms with van der Waals surface area (Å²) in [6.07, 6.45) is 3.14. The Kier molecular flexibility index (Phi) is 2.95. The van der Waals surface area contributed by atoms with E-state index in [1.165, 1.54) is 12.3 Å². The molecule has 0 aliphatic heterocycles. The number of H-pyrrole nitrogens is 1. The van der Waals surface area contributed by atoms with Crippen molar-refractivity contribution in [1.29, 1.82) is 0 Å². The third-order valence-electron chi connectivity index (χ3n) is 2.81. The first-order valence-corrected chi connectivity index (χ1v) is 5.27. The number of hydrogen-bond donors (Lipinski definition) is 3. The van der Waals surface area contributed by atoms with E-state index in [2.05, 4.69) is 9.97 Å². The van der Waals surface area contributed by atoms with E-state index in [-0.39, 0.29) is 6.54 Å². The molecule has 0 fully saturated rings. The number of aliphatic hydroxyl groups is 1. The van der Waals surface area contributed by atoms with Gasteiger partial charge in [-0.1, -0.05) is 12.1 Å². The Morgan fingerprint density at radius 3 is 2.88 bits per heavy atom. The minimum Gasteiger partial charge on any atom is -0.377 e. The molecular weight excluding hydrogens is 221 g/mol. The first-order valence-electron chi connectivity index (χ1n) is 5.27. The number of aromatic nitrogens is 2. The van der Waals surface area contributed by atoms with Crippen LogP contribution in [0, 0.1) is 5.82 Å². The van der Waals surface area contributed by atoms with Crippen molar-refractivity contribution in [2.24, 2.45) is 5.73 Å². The van der Waals surface area contributed by atoms with Gasteiger partial charge < -0.3 is 15.8 Å². The molecule has 90 valence electrons. The lowest BCUT2D eigenvalue weighted by Crippen LogP contribution is -2.27. The lowest BCUT2D eigenvalue weighted by molar-refractivity contribution is 0.0917. The molecule has 0 aliphatic rings. The van der Waals surface area contributed by atoms with Crippen LogP contribution in [0.2, 0.25) is 0 Å². The molecule has 0 saturated carbocycles. The Morgan fingerprint density at radius 1 is 1.53 bits per heavy atom. The van der Waals surface area contributed by atoms with Crippen molar-refractivity contribution in [2.45, 2.75) is 19.1 Å². The summed E-state index contributed by atoms with van der Waals surface area (Å²) in [4.78, 5) is 6.82. The molecule has 17 heavy (non-hydrogen) atoms. The molecule has 1 heterocycles. The van der Waals surface area contributed by atoms with Crippen LogP contribution >= 0.6 is 0 Å². The smallest absolute Gasteiger partial charge is 0.145 e. The van der Waals surface area contributed by atoms with Gasteiger partial charge in [-0.2, -0.15) is 0 Å². The highest BCUT2D eigenvalue weighted by molar-refractivity contribution is 5.37. The molecule has 0 spiro atoms. The summed E-state index contributed by atoms with van der Waals surface area (Å²) in [6, 6.07) is 4.51. The van der Waals surface area contributed by atoms with Crippen molar-refractivity contribution < 1.29 is 9.50 Å². The Labute approximate surface area is 98.3 Å². The maximum absolute atomic E-state index is 13.6. The van der Waals surface area contributed by atoms with Gasteiger partial charge in [0.2, 0.25) is 0 Å². The molecule has 1 aromatic carbocycles. The molecule has 2 aromatic rings. The number of imidazole rings is 1. The third kappa shape index (κ3) is 1.94. The van der Waals surface area contributed by atoms with E-state index in [1.807, 2.05) is 0 Å². The number of hydrogen-bond acceptors (Lipinski definition) is 3. The van der Waals surface area contributed by atoms with Crippen molar-refractivity contribution in [3.8, 4) is 0 Å². The first-order chi connectivity index (χ1) is 8.07. The molecule has 2 rings (SSSR count). The predicted octanol–water partition coefficient (Wildman–Crippen LogP) is 1.26. The summed E-state index contributed by atoms with van der Waals surface area (Å²) in [7, 11) is 0. The van der Waals surface area contributed by atoms with Crippen LogP contribution < -0.4 is 5.73 Å². The summed E-state index contributed by atoms with van der Waals surface area (Å²) in [6.45, 7) is 1.58. The second kappa shape index (κ2) is 4.27. The molecule has 0 aliphatic carbocycles. The first kappa shape index (κ1) is 11.8. The number of halogens is 1. The van der Waals surface area contributed by atoms with Gasteiger partial charge in [0.05, 0.1) is 0 Å². The standard InChI is InChI=1S/C12H14FN3O/c1-12(17,11-15-5-6-16-11)9-3-2-4-10(13)8(9)7-14/h2-6,17H,7,14H2,1H3,(H,15,16). The minimum atomic E-state index is -1.39. The van der Waals surface area contributed by atoms with Crippen molar-refractivity contribution in [2.75, 3.05) is 0 Å². The lowest BCUT2D eigenvalue weighted by atomic mass is 9.90. The number of nitrogens with one attached hydrogen (secondary N) is 1. The fraction of sp³-hybridized carbons (Fsp3) is 0.250. The van der Waals surface area contributed by atoms with E-state index >= 15 is 0 Å². The summed E-state index contributed by atoms with van der Waals surface area (Å²) >= 11 is 0. The maximum Gasteiger partial charge on any atom is 0.145 e. The average Bonchev–Trinajstić information content (AvgIpc) is 2.82. The van der Waals surface area contributed by atoms with Gasteiger partial charge in [-0.15, -0.1) is 0 Å². The highest BCUT2D eigenvalue weighted by atomic mass is 19.1. The van der Waals surface area contributed by atoms with Gasteiger partial charge in [-0.25, -0.2) is 9.37 Å². The molecule has 0 bridgehead atoms. The molecule has 1 atom stereocenters. The van der Waals surface area contributed by atoms with Gasteiger partial charge in [0.15, 0.2) is 0 Å². The van der Waals surface area contributed by atoms with E-state index in [4.69, 9.17) is 5.73 Å².